The zero-order valence-corrected chi connectivity index (χ0v) is 7.27. The first kappa shape index (κ1) is 9.88. The third kappa shape index (κ3) is 3.15. The summed E-state index contributed by atoms with van der Waals surface area (Å²) >= 11 is 0. The summed E-state index contributed by atoms with van der Waals surface area (Å²) in [6.45, 7) is 8.56. The van der Waals surface area contributed by atoms with E-state index < -0.39 is 0 Å². The summed E-state index contributed by atoms with van der Waals surface area (Å²) < 4.78 is 0. The highest BCUT2D eigenvalue weighted by Gasteiger charge is 2.21. The molecule has 0 amide bonds. The van der Waals surface area contributed by atoms with E-state index in [-0.39, 0.29) is 11.6 Å². The maximum absolute atomic E-state index is 5.67. The van der Waals surface area contributed by atoms with E-state index in [2.05, 4.69) is 5.48 Å². The number of hydrogen-bond donors (Lipinski definition) is 2. The second-order valence-electron chi connectivity index (χ2n) is 3.05. The van der Waals surface area contributed by atoms with Crippen LogP contribution in [0.15, 0.2) is 0 Å². The summed E-state index contributed by atoms with van der Waals surface area (Å²) in [6.07, 6.45) is 0. The summed E-state index contributed by atoms with van der Waals surface area (Å²) in [5, 5.41) is 0. The highest BCUT2D eigenvalue weighted by Crippen LogP contribution is 2.05. The van der Waals surface area contributed by atoms with E-state index in [1.165, 1.54) is 0 Å². The van der Waals surface area contributed by atoms with Gasteiger partial charge >= 0.3 is 0 Å². The first-order valence-corrected chi connectivity index (χ1v) is 3.65. The Kier molecular flexibility index (Phi) is 3.86. The second kappa shape index (κ2) is 3.91. The van der Waals surface area contributed by atoms with E-state index in [0.717, 1.165) is 0 Å². The van der Waals surface area contributed by atoms with Gasteiger partial charge in [0.2, 0.25) is 0 Å². The Balaban J connectivity index is 3.63. The highest BCUT2D eigenvalue weighted by molar-refractivity contribution is 4.82. The van der Waals surface area contributed by atoms with E-state index in [9.17, 15) is 0 Å². The van der Waals surface area contributed by atoms with Crippen LogP contribution in [0.3, 0.4) is 0 Å². The molecule has 3 heteroatoms. The van der Waals surface area contributed by atoms with E-state index in [1.807, 2.05) is 27.7 Å². The largest absolute Gasteiger partial charge is 0.326 e. The van der Waals surface area contributed by atoms with Crippen molar-refractivity contribution in [2.75, 3.05) is 6.61 Å². The molecule has 0 aliphatic heterocycles. The van der Waals surface area contributed by atoms with Gasteiger partial charge in [-0.05, 0) is 27.7 Å². The molecule has 0 heterocycles. The Hall–Kier alpha value is -0.120. The monoisotopic (exact) mass is 146 g/mol. The van der Waals surface area contributed by atoms with Crippen LogP contribution in [0.2, 0.25) is 0 Å². The summed E-state index contributed by atoms with van der Waals surface area (Å²) in [7, 11) is 0. The highest BCUT2D eigenvalue weighted by atomic mass is 16.6. The molecule has 3 nitrogen and oxygen atoms in total. The van der Waals surface area contributed by atoms with Crippen LogP contribution in [-0.2, 0) is 4.84 Å². The molecule has 0 fully saturated rings. The summed E-state index contributed by atoms with van der Waals surface area (Å²) in [5.74, 6) is 0. The van der Waals surface area contributed by atoms with Crippen molar-refractivity contribution in [1.82, 2.24) is 5.48 Å². The lowest BCUT2D eigenvalue weighted by molar-refractivity contribution is -0.0112. The maximum atomic E-state index is 5.67. The predicted octanol–water partition coefficient (Wildman–Crippen LogP) is 0.653. The fourth-order valence-corrected chi connectivity index (χ4v) is 0.351. The van der Waals surface area contributed by atoms with Gasteiger partial charge in [0.15, 0.2) is 0 Å². The van der Waals surface area contributed by atoms with Crippen molar-refractivity contribution in [1.29, 1.82) is 0 Å². The minimum atomic E-state index is -0.143. The molecule has 0 aromatic rings. The molecule has 0 aromatic carbocycles. The van der Waals surface area contributed by atoms with Gasteiger partial charge in [0, 0.05) is 6.04 Å². The summed E-state index contributed by atoms with van der Waals surface area (Å²) in [6, 6.07) is 0.0825. The number of hydroxylamine groups is 1. The lowest BCUT2D eigenvalue weighted by atomic mass is 9.99. The Morgan fingerprint density at radius 1 is 1.60 bits per heavy atom. The molecule has 0 aliphatic rings. The van der Waals surface area contributed by atoms with E-state index in [4.69, 9.17) is 10.6 Å². The van der Waals surface area contributed by atoms with E-state index in [1.54, 1.807) is 0 Å². The van der Waals surface area contributed by atoms with Gasteiger partial charge in [-0.3, -0.25) is 0 Å². The summed E-state index contributed by atoms with van der Waals surface area (Å²) in [5.41, 5.74) is 8.41. The van der Waals surface area contributed by atoms with Gasteiger partial charge in [-0.25, -0.2) is 0 Å². The average molecular weight is 146 g/mol. The Labute approximate surface area is 62.9 Å². The molecule has 0 aliphatic carbocycles. The van der Waals surface area contributed by atoms with Crippen molar-refractivity contribution in [2.45, 2.75) is 39.3 Å². The van der Waals surface area contributed by atoms with Crippen LogP contribution in [0.5, 0.6) is 0 Å². The number of nitrogens with two attached hydrogens (primary N) is 1. The molecule has 0 aromatic heterocycles. The zero-order chi connectivity index (χ0) is 8.20. The van der Waals surface area contributed by atoms with Crippen LogP contribution in [-0.4, -0.2) is 18.2 Å². The van der Waals surface area contributed by atoms with Crippen molar-refractivity contribution >= 4 is 0 Å². The second-order valence-corrected chi connectivity index (χ2v) is 3.05. The van der Waals surface area contributed by atoms with Gasteiger partial charge in [0.05, 0.1) is 12.1 Å². The topological polar surface area (TPSA) is 47.3 Å². The standard InChI is InChI=1S/C7H18N2O/c1-5-10-9-7(3,4)6(2)8/h6,9H,5,8H2,1-4H3. The molecule has 3 N–H and O–H groups in total. The van der Waals surface area contributed by atoms with Crippen molar-refractivity contribution in [3.63, 3.8) is 0 Å². The third-order valence-corrected chi connectivity index (χ3v) is 1.62. The predicted molar refractivity (Wildman–Crippen MR) is 42.5 cm³/mol. The molecule has 0 bridgehead atoms. The van der Waals surface area contributed by atoms with Gasteiger partial charge in [-0.2, -0.15) is 5.48 Å². The number of nitrogens with one attached hydrogen (secondary N) is 1. The van der Waals surface area contributed by atoms with Gasteiger partial charge in [-0.1, -0.05) is 0 Å². The fraction of sp³-hybridized carbons (Fsp3) is 1.00. The van der Waals surface area contributed by atoms with Crippen LogP contribution >= 0.6 is 0 Å². The van der Waals surface area contributed by atoms with Crippen LogP contribution in [0.4, 0.5) is 0 Å². The van der Waals surface area contributed by atoms with Gasteiger partial charge in [0.25, 0.3) is 0 Å². The van der Waals surface area contributed by atoms with Crippen LogP contribution in [0.25, 0.3) is 0 Å². The molecule has 0 spiro atoms. The van der Waals surface area contributed by atoms with E-state index in [0.29, 0.717) is 6.61 Å². The van der Waals surface area contributed by atoms with Gasteiger partial charge in [0.1, 0.15) is 0 Å². The Morgan fingerprint density at radius 3 is 2.40 bits per heavy atom. The number of rotatable bonds is 4. The molecule has 62 valence electrons. The lowest BCUT2D eigenvalue weighted by Gasteiger charge is -2.29. The molecule has 0 saturated carbocycles. The smallest absolute Gasteiger partial charge is 0.0654 e. The maximum Gasteiger partial charge on any atom is 0.0654 e. The molecule has 0 radical (unpaired) electrons. The fourth-order valence-electron chi connectivity index (χ4n) is 0.351. The molecule has 0 saturated heterocycles. The Morgan fingerprint density at radius 2 is 2.10 bits per heavy atom. The van der Waals surface area contributed by atoms with Crippen molar-refractivity contribution in [2.24, 2.45) is 5.73 Å². The van der Waals surface area contributed by atoms with Crippen molar-refractivity contribution in [3.8, 4) is 0 Å². The SMILES string of the molecule is CCONC(C)(C)C(C)N. The molecule has 1 unspecified atom stereocenters. The molecule has 10 heavy (non-hydrogen) atoms. The van der Waals surface area contributed by atoms with Gasteiger partial charge < -0.3 is 10.6 Å². The van der Waals surface area contributed by atoms with Crippen LogP contribution in [0.1, 0.15) is 27.7 Å². The van der Waals surface area contributed by atoms with Crippen LogP contribution < -0.4 is 11.2 Å². The van der Waals surface area contributed by atoms with Crippen molar-refractivity contribution in [3.05, 3.63) is 0 Å². The number of hydrogen-bond acceptors (Lipinski definition) is 3. The van der Waals surface area contributed by atoms with Gasteiger partial charge in [-0.15, -0.1) is 0 Å². The van der Waals surface area contributed by atoms with E-state index >= 15 is 0 Å². The summed E-state index contributed by atoms with van der Waals surface area (Å²) in [4.78, 5) is 5.03. The third-order valence-electron chi connectivity index (χ3n) is 1.62. The minimum Gasteiger partial charge on any atom is -0.326 e. The molecule has 1 atom stereocenters. The first-order valence-electron chi connectivity index (χ1n) is 3.65. The average Bonchev–Trinajstić information content (AvgIpc) is 1.84. The normalized spacial score (nSPS) is 15.3. The minimum absolute atomic E-state index is 0.0825. The lowest BCUT2D eigenvalue weighted by Crippen LogP contribution is -2.52. The molecular formula is C7H18N2O. The zero-order valence-electron chi connectivity index (χ0n) is 7.27. The van der Waals surface area contributed by atoms with Crippen molar-refractivity contribution < 1.29 is 4.84 Å². The molecule has 0 rings (SSSR count). The first-order chi connectivity index (χ1) is 4.50. The Bertz CT molecular complexity index is 91.6. The molecular weight excluding hydrogens is 128 g/mol. The quantitative estimate of drug-likeness (QED) is 0.573. The van der Waals surface area contributed by atoms with Crippen LogP contribution in [0, 0.1) is 0 Å².